The van der Waals surface area contributed by atoms with Crippen LogP contribution < -0.4 is 5.32 Å². The summed E-state index contributed by atoms with van der Waals surface area (Å²) in [5.74, 6) is -0.246. The van der Waals surface area contributed by atoms with Crippen molar-refractivity contribution < 1.29 is 4.39 Å². The molecule has 2 aromatic rings. The average molecular weight is 233 g/mol. The van der Waals surface area contributed by atoms with Crippen molar-refractivity contribution in [3.05, 3.63) is 48.3 Å². The zero-order valence-electron chi connectivity index (χ0n) is 10.2. The highest BCUT2D eigenvalue weighted by atomic mass is 19.1. The van der Waals surface area contributed by atoms with E-state index in [4.69, 9.17) is 0 Å². The molecule has 0 aliphatic carbocycles. The molecular weight excluding hydrogens is 217 g/mol. The van der Waals surface area contributed by atoms with Crippen molar-refractivity contribution in [1.82, 2.24) is 14.9 Å². The van der Waals surface area contributed by atoms with Gasteiger partial charge >= 0.3 is 0 Å². The Morgan fingerprint density at radius 3 is 2.76 bits per heavy atom. The van der Waals surface area contributed by atoms with Crippen molar-refractivity contribution in [3.63, 3.8) is 0 Å². The Morgan fingerprint density at radius 1 is 1.35 bits per heavy atom. The quantitative estimate of drug-likeness (QED) is 0.882. The number of aromatic nitrogens is 2. The van der Waals surface area contributed by atoms with Crippen molar-refractivity contribution in [3.8, 4) is 5.69 Å². The summed E-state index contributed by atoms with van der Waals surface area (Å²) in [6.45, 7) is 4.11. The summed E-state index contributed by atoms with van der Waals surface area (Å²) >= 11 is 0. The number of rotatable bonds is 3. The number of hydrogen-bond acceptors (Lipinski definition) is 2. The summed E-state index contributed by atoms with van der Waals surface area (Å²) in [6.07, 6.45) is 3.49. The molecule has 0 unspecified atom stereocenters. The lowest BCUT2D eigenvalue weighted by atomic mass is 10.0. The van der Waals surface area contributed by atoms with Crippen LogP contribution >= 0.6 is 0 Å². The Labute approximate surface area is 100 Å². The van der Waals surface area contributed by atoms with Crippen LogP contribution in [0.5, 0.6) is 0 Å². The zero-order chi connectivity index (χ0) is 12.5. The number of imidazole rings is 1. The molecule has 1 N–H and O–H groups in total. The molecule has 0 aliphatic rings. The molecule has 0 saturated carbocycles. The van der Waals surface area contributed by atoms with Gasteiger partial charge < -0.3 is 9.88 Å². The third kappa shape index (κ3) is 2.22. The molecule has 1 heterocycles. The molecule has 17 heavy (non-hydrogen) atoms. The van der Waals surface area contributed by atoms with Crippen molar-refractivity contribution in [2.24, 2.45) is 0 Å². The van der Waals surface area contributed by atoms with E-state index < -0.39 is 0 Å². The molecule has 0 radical (unpaired) electrons. The van der Waals surface area contributed by atoms with Crippen LogP contribution in [-0.4, -0.2) is 16.6 Å². The lowest BCUT2D eigenvalue weighted by molar-refractivity contribution is 0.424. The van der Waals surface area contributed by atoms with Crippen LogP contribution in [0.15, 0.2) is 36.8 Å². The normalized spacial score (nSPS) is 11.8. The fraction of sp³-hybridized carbons (Fsp3) is 0.308. The van der Waals surface area contributed by atoms with Gasteiger partial charge in [-0.05, 0) is 39.1 Å². The van der Waals surface area contributed by atoms with E-state index >= 15 is 0 Å². The third-order valence-electron chi connectivity index (χ3n) is 2.99. The minimum Gasteiger partial charge on any atom is -0.310 e. The van der Waals surface area contributed by atoms with E-state index in [1.165, 1.54) is 12.1 Å². The van der Waals surface area contributed by atoms with Crippen LogP contribution in [0.1, 0.15) is 19.5 Å². The SMILES string of the molecule is CNC(C)(C)c1cncn1-c1cccc(F)c1. The van der Waals surface area contributed by atoms with E-state index in [2.05, 4.69) is 24.1 Å². The van der Waals surface area contributed by atoms with Gasteiger partial charge in [0.25, 0.3) is 0 Å². The molecule has 0 bridgehead atoms. The highest BCUT2D eigenvalue weighted by Gasteiger charge is 2.22. The monoisotopic (exact) mass is 233 g/mol. The second-order valence-electron chi connectivity index (χ2n) is 4.50. The van der Waals surface area contributed by atoms with Crippen LogP contribution in [0.25, 0.3) is 5.69 Å². The summed E-state index contributed by atoms with van der Waals surface area (Å²) < 4.78 is 15.1. The summed E-state index contributed by atoms with van der Waals surface area (Å²) in [7, 11) is 1.89. The smallest absolute Gasteiger partial charge is 0.125 e. The Kier molecular flexibility index (Phi) is 2.98. The molecule has 4 heteroatoms. The van der Waals surface area contributed by atoms with Crippen LogP contribution in [-0.2, 0) is 5.54 Å². The number of benzene rings is 1. The van der Waals surface area contributed by atoms with Gasteiger partial charge in [-0.25, -0.2) is 9.37 Å². The Hall–Kier alpha value is -1.68. The highest BCUT2D eigenvalue weighted by molar-refractivity contribution is 5.35. The van der Waals surface area contributed by atoms with Gasteiger partial charge in [0.2, 0.25) is 0 Å². The maximum atomic E-state index is 13.2. The summed E-state index contributed by atoms with van der Waals surface area (Å²) in [4.78, 5) is 4.14. The van der Waals surface area contributed by atoms with Gasteiger partial charge in [0.15, 0.2) is 0 Å². The van der Waals surface area contributed by atoms with Gasteiger partial charge in [-0.3, -0.25) is 0 Å². The number of nitrogens with one attached hydrogen (secondary N) is 1. The summed E-state index contributed by atoms with van der Waals surface area (Å²) in [5.41, 5.74) is 1.55. The first-order chi connectivity index (χ1) is 8.04. The van der Waals surface area contributed by atoms with Crippen molar-refractivity contribution in [2.45, 2.75) is 19.4 Å². The predicted octanol–water partition coefficient (Wildman–Crippen LogP) is 2.47. The fourth-order valence-electron chi connectivity index (χ4n) is 1.72. The highest BCUT2D eigenvalue weighted by Crippen LogP contribution is 2.22. The Bertz CT molecular complexity index is 517. The van der Waals surface area contributed by atoms with E-state index in [-0.39, 0.29) is 11.4 Å². The molecule has 90 valence electrons. The van der Waals surface area contributed by atoms with Crippen LogP contribution in [0.4, 0.5) is 4.39 Å². The topological polar surface area (TPSA) is 29.9 Å². The maximum Gasteiger partial charge on any atom is 0.125 e. The lowest BCUT2D eigenvalue weighted by Crippen LogP contribution is -2.35. The Morgan fingerprint density at radius 2 is 2.12 bits per heavy atom. The standard InChI is InChI=1S/C13H16FN3/c1-13(2,15-3)12-8-16-9-17(12)11-6-4-5-10(14)7-11/h4-9,15H,1-3H3. The van der Waals surface area contributed by atoms with E-state index in [1.54, 1.807) is 18.6 Å². The predicted molar refractivity (Wildman–Crippen MR) is 65.6 cm³/mol. The molecule has 3 nitrogen and oxygen atoms in total. The summed E-state index contributed by atoms with van der Waals surface area (Å²) in [5, 5.41) is 3.21. The molecule has 0 amide bonds. The first-order valence-electron chi connectivity index (χ1n) is 5.52. The largest absolute Gasteiger partial charge is 0.310 e. The minimum absolute atomic E-state index is 0.219. The minimum atomic E-state index is -0.246. The molecule has 0 saturated heterocycles. The average Bonchev–Trinajstić information content (AvgIpc) is 2.78. The molecular formula is C13H16FN3. The molecule has 1 aromatic heterocycles. The number of nitrogens with zero attached hydrogens (tertiary/aromatic N) is 2. The van der Waals surface area contributed by atoms with Crippen LogP contribution in [0.2, 0.25) is 0 Å². The van der Waals surface area contributed by atoms with Gasteiger partial charge in [-0.15, -0.1) is 0 Å². The van der Waals surface area contributed by atoms with Crippen molar-refractivity contribution in [1.29, 1.82) is 0 Å². The fourth-order valence-corrected chi connectivity index (χ4v) is 1.72. The van der Waals surface area contributed by atoms with E-state index in [1.807, 2.05) is 17.7 Å². The van der Waals surface area contributed by atoms with Crippen LogP contribution in [0.3, 0.4) is 0 Å². The van der Waals surface area contributed by atoms with Gasteiger partial charge in [0.1, 0.15) is 5.82 Å². The van der Waals surface area contributed by atoms with E-state index in [9.17, 15) is 4.39 Å². The third-order valence-corrected chi connectivity index (χ3v) is 2.99. The molecule has 0 spiro atoms. The van der Waals surface area contributed by atoms with Gasteiger partial charge in [-0.1, -0.05) is 6.07 Å². The van der Waals surface area contributed by atoms with Gasteiger partial charge in [0, 0.05) is 5.69 Å². The molecule has 0 atom stereocenters. The van der Waals surface area contributed by atoms with Gasteiger partial charge in [-0.2, -0.15) is 0 Å². The molecule has 1 aromatic carbocycles. The lowest BCUT2D eigenvalue weighted by Gasteiger charge is -2.25. The van der Waals surface area contributed by atoms with Gasteiger partial charge in [0.05, 0.1) is 23.8 Å². The second kappa shape index (κ2) is 4.30. The molecule has 0 fully saturated rings. The molecule has 0 aliphatic heterocycles. The van der Waals surface area contributed by atoms with E-state index in [0.29, 0.717) is 0 Å². The summed E-state index contributed by atoms with van der Waals surface area (Å²) in [6, 6.07) is 6.49. The second-order valence-corrected chi connectivity index (χ2v) is 4.50. The first-order valence-corrected chi connectivity index (χ1v) is 5.52. The first kappa shape index (κ1) is 11.8. The number of halogens is 1. The van der Waals surface area contributed by atoms with Crippen LogP contribution in [0, 0.1) is 5.82 Å². The maximum absolute atomic E-state index is 13.2. The number of hydrogen-bond donors (Lipinski definition) is 1. The Balaban J connectivity index is 2.51. The zero-order valence-corrected chi connectivity index (χ0v) is 10.2. The molecule has 2 rings (SSSR count). The van der Waals surface area contributed by atoms with E-state index in [0.717, 1.165) is 11.4 Å². The van der Waals surface area contributed by atoms with Crippen molar-refractivity contribution in [2.75, 3.05) is 7.05 Å². The van der Waals surface area contributed by atoms with Crippen molar-refractivity contribution >= 4 is 0 Å².